The number of carbonyl (C=O) groups excluding carboxylic acids is 2. The van der Waals surface area contributed by atoms with Crippen molar-refractivity contribution in [2.45, 2.75) is 12.1 Å². The van der Waals surface area contributed by atoms with Crippen molar-refractivity contribution in [3.63, 3.8) is 0 Å². The van der Waals surface area contributed by atoms with E-state index in [0.29, 0.717) is 22.2 Å². The number of nitrogen functional groups attached to an aromatic ring is 1. The Morgan fingerprint density at radius 1 is 1.26 bits per heavy atom. The summed E-state index contributed by atoms with van der Waals surface area (Å²) in [5, 5.41) is 3.18. The van der Waals surface area contributed by atoms with Crippen LogP contribution in [0.15, 0.2) is 35.5 Å². The number of aromatic nitrogens is 2. The van der Waals surface area contributed by atoms with E-state index >= 15 is 0 Å². The van der Waals surface area contributed by atoms with E-state index in [1.54, 1.807) is 30.3 Å². The molecule has 0 atom stereocenters. The molecule has 3 N–H and O–H groups in total. The third kappa shape index (κ3) is 4.96. The summed E-state index contributed by atoms with van der Waals surface area (Å²) in [7, 11) is 1.31. The predicted octanol–water partition coefficient (Wildman–Crippen LogP) is 1.88. The fourth-order valence-corrected chi connectivity index (χ4v) is 2.47. The number of nitrogens with two attached hydrogens (primary N) is 1. The molecule has 0 unspecified atom stereocenters. The van der Waals surface area contributed by atoms with Gasteiger partial charge in [0.25, 0.3) is 0 Å². The highest BCUT2D eigenvalue weighted by molar-refractivity contribution is 7.99. The van der Waals surface area contributed by atoms with Crippen LogP contribution in [0.1, 0.15) is 16.1 Å². The number of esters is 1. The molecule has 2 rings (SSSR count). The number of amides is 1. The number of thioether (sulfide) groups is 1. The van der Waals surface area contributed by atoms with Gasteiger partial charge in [0.1, 0.15) is 5.82 Å². The normalized spacial score (nSPS) is 10.2. The van der Waals surface area contributed by atoms with Crippen molar-refractivity contribution in [3.8, 4) is 0 Å². The molecule has 0 aliphatic heterocycles. The number of hydrogen-bond donors (Lipinski definition) is 2. The lowest BCUT2D eigenvalue weighted by molar-refractivity contribution is -0.113. The molecule has 7 nitrogen and oxygen atoms in total. The van der Waals surface area contributed by atoms with E-state index in [-0.39, 0.29) is 11.7 Å². The van der Waals surface area contributed by atoms with Gasteiger partial charge in [0.2, 0.25) is 5.91 Å². The fraction of sp³-hybridized carbons (Fsp3) is 0.200. The second kappa shape index (κ2) is 7.59. The molecule has 2 aromatic rings. The van der Waals surface area contributed by atoms with Gasteiger partial charge < -0.3 is 15.8 Å². The van der Waals surface area contributed by atoms with E-state index in [4.69, 9.17) is 5.73 Å². The summed E-state index contributed by atoms with van der Waals surface area (Å²) >= 11 is 1.20. The average molecular weight is 332 g/mol. The third-order valence-corrected chi connectivity index (χ3v) is 3.62. The van der Waals surface area contributed by atoms with Crippen LogP contribution in [0.25, 0.3) is 0 Å². The fourth-order valence-electron chi connectivity index (χ4n) is 1.76. The minimum absolute atomic E-state index is 0.154. The van der Waals surface area contributed by atoms with Gasteiger partial charge in [-0.25, -0.2) is 14.8 Å². The Morgan fingerprint density at radius 2 is 1.96 bits per heavy atom. The number of nitrogens with zero attached hydrogens (tertiary/aromatic N) is 2. The number of anilines is 2. The molecule has 0 bridgehead atoms. The molecule has 1 aromatic heterocycles. The number of nitrogens with one attached hydrogen (secondary N) is 1. The number of rotatable bonds is 5. The first-order valence-electron chi connectivity index (χ1n) is 6.70. The van der Waals surface area contributed by atoms with Gasteiger partial charge in [-0.15, -0.1) is 0 Å². The zero-order valence-corrected chi connectivity index (χ0v) is 13.5. The molecule has 0 fully saturated rings. The van der Waals surface area contributed by atoms with Crippen molar-refractivity contribution in [2.75, 3.05) is 23.9 Å². The Labute approximate surface area is 137 Å². The Kier molecular flexibility index (Phi) is 5.53. The molecule has 0 aliphatic rings. The number of methoxy groups -OCH3 is 1. The lowest BCUT2D eigenvalue weighted by Crippen LogP contribution is -2.14. The maximum Gasteiger partial charge on any atom is 0.337 e. The van der Waals surface area contributed by atoms with Crippen LogP contribution in [0.2, 0.25) is 0 Å². The lowest BCUT2D eigenvalue weighted by Gasteiger charge is -2.06. The Bertz CT molecular complexity index is 699. The first-order chi connectivity index (χ1) is 11.0. The molecule has 8 heteroatoms. The molecule has 0 saturated carbocycles. The Hall–Kier alpha value is -2.61. The van der Waals surface area contributed by atoms with Crippen molar-refractivity contribution in [1.29, 1.82) is 0 Å². The van der Waals surface area contributed by atoms with E-state index in [1.165, 1.54) is 18.9 Å². The Morgan fingerprint density at radius 3 is 2.57 bits per heavy atom. The predicted molar refractivity (Wildman–Crippen MR) is 88.3 cm³/mol. The largest absolute Gasteiger partial charge is 0.465 e. The molecule has 0 aliphatic carbocycles. The highest BCUT2D eigenvalue weighted by atomic mass is 32.2. The minimum atomic E-state index is -0.424. The van der Waals surface area contributed by atoms with Crippen molar-refractivity contribution in [3.05, 3.63) is 41.6 Å². The first kappa shape index (κ1) is 16.8. The maximum absolute atomic E-state index is 11.9. The molecular weight excluding hydrogens is 316 g/mol. The summed E-state index contributed by atoms with van der Waals surface area (Å²) < 4.78 is 4.61. The van der Waals surface area contributed by atoms with E-state index in [2.05, 4.69) is 20.0 Å². The third-order valence-electron chi connectivity index (χ3n) is 2.78. The van der Waals surface area contributed by atoms with Gasteiger partial charge in [0.15, 0.2) is 5.16 Å². The standard InChI is InChI=1S/C15H16N4O3S/c1-9-7-12(16)19-15(17-9)23-8-13(20)18-11-5-3-10(4-6-11)14(21)22-2/h3-7H,8H2,1-2H3,(H,18,20)(H2,16,17,19). The SMILES string of the molecule is COC(=O)c1ccc(NC(=O)CSc2nc(C)cc(N)n2)cc1. The highest BCUT2D eigenvalue weighted by Gasteiger charge is 2.08. The van der Waals surface area contributed by atoms with Gasteiger partial charge in [0, 0.05) is 17.4 Å². The van der Waals surface area contributed by atoms with Crippen LogP contribution in [0.4, 0.5) is 11.5 Å². The van der Waals surface area contributed by atoms with Crippen LogP contribution in [0.5, 0.6) is 0 Å². The number of carbonyl (C=O) groups is 2. The smallest absolute Gasteiger partial charge is 0.337 e. The van der Waals surface area contributed by atoms with Crippen LogP contribution >= 0.6 is 11.8 Å². The number of benzene rings is 1. The molecule has 1 amide bonds. The summed E-state index contributed by atoms with van der Waals surface area (Å²) in [5.41, 5.74) is 7.40. The Balaban J connectivity index is 1.90. The van der Waals surface area contributed by atoms with Crippen molar-refractivity contribution in [1.82, 2.24) is 9.97 Å². The van der Waals surface area contributed by atoms with E-state index in [9.17, 15) is 9.59 Å². The summed E-state index contributed by atoms with van der Waals surface area (Å²) in [5.74, 6) is -0.0994. The minimum Gasteiger partial charge on any atom is -0.465 e. The van der Waals surface area contributed by atoms with Crippen LogP contribution in [0.3, 0.4) is 0 Å². The monoisotopic (exact) mass is 332 g/mol. The summed E-state index contributed by atoms with van der Waals surface area (Å²) in [4.78, 5) is 31.5. The number of hydrogen-bond acceptors (Lipinski definition) is 7. The van der Waals surface area contributed by atoms with Crippen molar-refractivity contribution < 1.29 is 14.3 Å². The topological polar surface area (TPSA) is 107 Å². The second-order valence-corrected chi connectivity index (χ2v) is 5.57. The van der Waals surface area contributed by atoms with Crippen LogP contribution < -0.4 is 11.1 Å². The van der Waals surface area contributed by atoms with Gasteiger partial charge in [-0.1, -0.05) is 11.8 Å². The summed E-state index contributed by atoms with van der Waals surface area (Å²) in [6, 6.07) is 8.09. The van der Waals surface area contributed by atoms with Gasteiger partial charge in [0.05, 0.1) is 18.4 Å². The van der Waals surface area contributed by atoms with Gasteiger partial charge in [-0.05, 0) is 31.2 Å². The molecule has 120 valence electrons. The van der Waals surface area contributed by atoms with E-state index in [0.717, 1.165) is 5.69 Å². The zero-order valence-electron chi connectivity index (χ0n) is 12.7. The van der Waals surface area contributed by atoms with Gasteiger partial charge >= 0.3 is 5.97 Å². The lowest BCUT2D eigenvalue weighted by atomic mass is 10.2. The van der Waals surface area contributed by atoms with Crippen LogP contribution in [0, 0.1) is 6.92 Å². The quantitative estimate of drug-likeness (QED) is 0.489. The van der Waals surface area contributed by atoms with Crippen molar-refractivity contribution in [2.24, 2.45) is 0 Å². The zero-order chi connectivity index (χ0) is 16.8. The maximum atomic E-state index is 11.9. The molecule has 0 spiro atoms. The number of ether oxygens (including phenoxy) is 1. The van der Waals surface area contributed by atoms with Crippen molar-refractivity contribution >= 4 is 35.1 Å². The van der Waals surface area contributed by atoms with Crippen LogP contribution in [-0.2, 0) is 9.53 Å². The van der Waals surface area contributed by atoms with Crippen LogP contribution in [-0.4, -0.2) is 34.7 Å². The number of aryl methyl sites for hydroxylation is 1. The molecule has 0 saturated heterocycles. The van der Waals surface area contributed by atoms with Gasteiger partial charge in [-0.3, -0.25) is 4.79 Å². The molecule has 23 heavy (non-hydrogen) atoms. The highest BCUT2D eigenvalue weighted by Crippen LogP contribution is 2.16. The van der Waals surface area contributed by atoms with E-state index < -0.39 is 5.97 Å². The van der Waals surface area contributed by atoms with Gasteiger partial charge in [-0.2, -0.15) is 0 Å². The average Bonchev–Trinajstić information content (AvgIpc) is 2.52. The first-order valence-corrected chi connectivity index (χ1v) is 7.68. The summed E-state index contributed by atoms with van der Waals surface area (Å²) in [6.07, 6.45) is 0. The molecule has 0 radical (unpaired) electrons. The summed E-state index contributed by atoms with van der Waals surface area (Å²) in [6.45, 7) is 1.81. The molecule has 1 aromatic carbocycles. The van der Waals surface area contributed by atoms with E-state index in [1.807, 2.05) is 6.92 Å². The molecular formula is C15H16N4O3S. The second-order valence-electron chi connectivity index (χ2n) is 4.62. The molecule has 1 heterocycles.